The lowest BCUT2D eigenvalue weighted by atomic mass is 9.98. The maximum Gasteiger partial charge on any atom is 0.243 e. The van der Waals surface area contributed by atoms with Crippen LogP contribution >= 0.6 is 0 Å². The number of benzene rings is 4. The molecule has 6 atom stereocenters. The van der Waals surface area contributed by atoms with Crippen molar-refractivity contribution < 1.29 is 28.8 Å². The van der Waals surface area contributed by atoms with Gasteiger partial charge in [0.15, 0.2) is 0 Å². The first-order valence-corrected chi connectivity index (χ1v) is 23.6. The minimum Gasteiger partial charge on any atom is -0.368 e. The standard InChI is InChI=1S/C53H69N9O6/c1-33(2)27-43(48(56)63)58-50(65)44(28-34(3)4)60-51(66)46(30-36-22-24-38(25-23-36)37-17-9-6-10-18-37)61-52(67)45(29-35-15-7-5-8-16-35)62-53(68)47(59-49(64)41(55)20-13-14-26-54)31-39-32-57-42-21-12-11-19-40(39)42/h5-12,15-19,21-25,32-34,41,43-47,57H,13-14,20,26-31,54-55H2,1-4H3,(H2,56,63)(H,58,65)(H,59,64)(H,60,66)(H,61,67)(H,62,68)/t41-,43-,44-,45-,46+,47+/m0/s1. The summed E-state index contributed by atoms with van der Waals surface area (Å²) in [7, 11) is 0. The number of primary amides is 1. The zero-order valence-electron chi connectivity index (χ0n) is 39.6. The number of fused-ring (bicyclic) bond motifs is 1. The average molecular weight is 928 g/mol. The van der Waals surface area contributed by atoms with E-state index in [9.17, 15) is 28.8 Å². The summed E-state index contributed by atoms with van der Waals surface area (Å²) in [4.78, 5) is 86.9. The fourth-order valence-corrected chi connectivity index (χ4v) is 8.13. The molecule has 0 unspecified atom stereocenters. The van der Waals surface area contributed by atoms with Gasteiger partial charge in [0.2, 0.25) is 35.4 Å². The highest BCUT2D eigenvalue weighted by Crippen LogP contribution is 2.22. The van der Waals surface area contributed by atoms with E-state index in [-0.39, 0.29) is 37.5 Å². The van der Waals surface area contributed by atoms with Gasteiger partial charge in [0.25, 0.3) is 0 Å². The molecule has 4 aromatic carbocycles. The molecule has 0 aliphatic carbocycles. The molecule has 15 nitrogen and oxygen atoms in total. The number of hydrogen-bond acceptors (Lipinski definition) is 8. The number of unbranched alkanes of at least 4 members (excludes halogenated alkanes) is 1. The molecule has 12 N–H and O–H groups in total. The number of nitrogens with two attached hydrogens (primary N) is 3. The quantitative estimate of drug-likeness (QED) is 0.0360. The van der Waals surface area contributed by atoms with Gasteiger partial charge in [0.05, 0.1) is 6.04 Å². The fourth-order valence-electron chi connectivity index (χ4n) is 8.13. The third kappa shape index (κ3) is 15.9. The van der Waals surface area contributed by atoms with Gasteiger partial charge >= 0.3 is 0 Å². The van der Waals surface area contributed by atoms with E-state index >= 15 is 0 Å². The Labute approximate surface area is 399 Å². The Morgan fingerprint density at radius 3 is 1.54 bits per heavy atom. The van der Waals surface area contributed by atoms with E-state index in [1.54, 1.807) is 6.20 Å². The molecule has 5 aromatic rings. The zero-order valence-corrected chi connectivity index (χ0v) is 39.6. The van der Waals surface area contributed by atoms with Crippen LogP contribution in [-0.4, -0.2) is 83.2 Å². The highest BCUT2D eigenvalue weighted by molar-refractivity contribution is 5.97. The topological polar surface area (TPSA) is 256 Å². The summed E-state index contributed by atoms with van der Waals surface area (Å²) in [5, 5.41) is 15.2. The van der Waals surface area contributed by atoms with Crippen molar-refractivity contribution in [2.24, 2.45) is 29.0 Å². The summed E-state index contributed by atoms with van der Waals surface area (Å²) in [6, 6.07) is 27.6. The molecule has 6 amide bonds. The number of aromatic amines is 1. The highest BCUT2D eigenvalue weighted by Gasteiger charge is 2.34. The molecule has 0 aliphatic heterocycles. The molecule has 1 heterocycles. The highest BCUT2D eigenvalue weighted by atomic mass is 16.2. The monoisotopic (exact) mass is 928 g/mol. The van der Waals surface area contributed by atoms with Gasteiger partial charge in [-0.25, -0.2) is 0 Å². The van der Waals surface area contributed by atoms with E-state index in [1.807, 2.05) is 137 Å². The van der Waals surface area contributed by atoms with Crippen molar-refractivity contribution in [3.63, 3.8) is 0 Å². The summed E-state index contributed by atoms with van der Waals surface area (Å²) in [5.74, 6) is -3.75. The molecular weight excluding hydrogens is 859 g/mol. The Balaban J connectivity index is 1.47. The van der Waals surface area contributed by atoms with E-state index in [1.165, 1.54) is 0 Å². The Kier molecular flexibility index (Phi) is 19.9. The summed E-state index contributed by atoms with van der Waals surface area (Å²) >= 11 is 0. The number of amides is 6. The van der Waals surface area contributed by atoms with Crippen molar-refractivity contribution in [1.29, 1.82) is 0 Å². The third-order valence-electron chi connectivity index (χ3n) is 11.8. The summed E-state index contributed by atoms with van der Waals surface area (Å²) < 4.78 is 0. The van der Waals surface area contributed by atoms with Gasteiger partial charge in [-0.2, -0.15) is 0 Å². The molecule has 0 radical (unpaired) electrons. The Bertz CT molecular complexity index is 2420. The lowest BCUT2D eigenvalue weighted by Gasteiger charge is -2.28. The second kappa shape index (κ2) is 25.9. The van der Waals surface area contributed by atoms with Crippen LogP contribution in [0.2, 0.25) is 0 Å². The number of para-hydroxylation sites is 1. The van der Waals surface area contributed by atoms with Crippen molar-refractivity contribution in [1.82, 2.24) is 31.6 Å². The summed E-state index contributed by atoms with van der Waals surface area (Å²) in [6.07, 6.45) is 4.14. The SMILES string of the molecule is CC(C)C[C@H](NC(=O)[C@H](CC(C)C)NC(=O)[C@@H](Cc1ccc(-c2ccccc2)cc1)NC(=O)[C@H](Cc1ccccc1)NC(=O)[C@@H](Cc1c[nH]c2ccccc12)NC(=O)[C@@H](N)CCCCN)C(N)=O. The van der Waals surface area contributed by atoms with Crippen LogP contribution < -0.4 is 43.8 Å². The van der Waals surface area contributed by atoms with Gasteiger partial charge < -0.3 is 48.8 Å². The van der Waals surface area contributed by atoms with Crippen molar-refractivity contribution in [2.75, 3.05) is 6.54 Å². The molecule has 0 spiro atoms. The van der Waals surface area contributed by atoms with Gasteiger partial charge in [-0.05, 0) is 77.9 Å². The van der Waals surface area contributed by atoms with Crippen LogP contribution in [0.25, 0.3) is 22.0 Å². The van der Waals surface area contributed by atoms with Crippen LogP contribution in [0.4, 0.5) is 0 Å². The second-order valence-electron chi connectivity index (χ2n) is 18.4. The lowest BCUT2D eigenvalue weighted by Crippen LogP contribution is -2.60. The second-order valence-corrected chi connectivity index (χ2v) is 18.4. The minimum absolute atomic E-state index is 0.0210. The van der Waals surface area contributed by atoms with Gasteiger partial charge in [0.1, 0.15) is 30.2 Å². The van der Waals surface area contributed by atoms with E-state index < -0.39 is 71.7 Å². The first-order chi connectivity index (χ1) is 32.6. The van der Waals surface area contributed by atoms with Gasteiger partial charge in [-0.15, -0.1) is 0 Å². The third-order valence-corrected chi connectivity index (χ3v) is 11.8. The van der Waals surface area contributed by atoms with Gasteiger partial charge in [-0.3, -0.25) is 28.8 Å². The van der Waals surface area contributed by atoms with Crippen LogP contribution in [0.15, 0.2) is 115 Å². The molecule has 0 fully saturated rings. The number of H-pyrrole nitrogens is 1. The van der Waals surface area contributed by atoms with Crippen LogP contribution in [-0.2, 0) is 48.0 Å². The maximum absolute atomic E-state index is 14.8. The molecule has 0 aliphatic rings. The van der Waals surface area contributed by atoms with Crippen molar-refractivity contribution >= 4 is 46.3 Å². The molecule has 1 aromatic heterocycles. The Hall–Kier alpha value is -6.84. The van der Waals surface area contributed by atoms with Crippen molar-refractivity contribution in [3.8, 4) is 11.1 Å². The van der Waals surface area contributed by atoms with Crippen LogP contribution in [0.3, 0.4) is 0 Å². The molecule has 5 rings (SSSR count). The molecule has 68 heavy (non-hydrogen) atoms. The van der Waals surface area contributed by atoms with E-state index in [2.05, 4.69) is 31.6 Å². The number of carbonyl (C=O) groups is 6. The number of aromatic nitrogens is 1. The van der Waals surface area contributed by atoms with Crippen molar-refractivity contribution in [3.05, 3.63) is 132 Å². The van der Waals surface area contributed by atoms with Crippen molar-refractivity contribution in [2.45, 2.75) is 115 Å². The lowest BCUT2D eigenvalue weighted by molar-refractivity contribution is -0.135. The molecule has 362 valence electrons. The molecular formula is C53H69N9O6. The predicted molar refractivity (Wildman–Crippen MR) is 266 cm³/mol. The first-order valence-electron chi connectivity index (χ1n) is 23.6. The van der Waals surface area contributed by atoms with Crippen LogP contribution in [0.1, 0.15) is 76.5 Å². The van der Waals surface area contributed by atoms with Crippen LogP contribution in [0.5, 0.6) is 0 Å². The normalized spacial score (nSPS) is 14.0. The van der Waals surface area contributed by atoms with Gasteiger partial charge in [0, 0.05) is 36.4 Å². The molecule has 15 heteroatoms. The zero-order chi connectivity index (χ0) is 49.2. The summed E-state index contributed by atoms with van der Waals surface area (Å²) in [5.41, 5.74) is 22.7. The maximum atomic E-state index is 14.8. The van der Waals surface area contributed by atoms with E-state index in [0.717, 1.165) is 33.2 Å². The Morgan fingerprint density at radius 1 is 0.515 bits per heavy atom. The molecule has 0 saturated carbocycles. The number of carbonyl (C=O) groups excluding carboxylic acids is 6. The number of nitrogens with one attached hydrogen (secondary N) is 6. The summed E-state index contributed by atoms with van der Waals surface area (Å²) in [6.45, 7) is 8.08. The predicted octanol–water partition coefficient (Wildman–Crippen LogP) is 4.32. The number of rotatable bonds is 26. The minimum atomic E-state index is -1.24. The fraction of sp³-hybridized carbons (Fsp3) is 0.396. The van der Waals surface area contributed by atoms with E-state index in [0.29, 0.717) is 37.8 Å². The first kappa shape index (κ1) is 52.1. The smallest absolute Gasteiger partial charge is 0.243 e. The van der Waals surface area contributed by atoms with E-state index in [4.69, 9.17) is 17.2 Å². The van der Waals surface area contributed by atoms with Gasteiger partial charge in [-0.1, -0.05) is 137 Å². The average Bonchev–Trinajstić information content (AvgIpc) is 3.73. The largest absolute Gasteiger partial charge is 0.368 e. The number of hydrogen-bond donors (Lipinski definition) is 9. The molecule has 0 bridgehead atoms. The van der Waals surface area contributed by atoms with Crippen LogP contribution in [0, 0.1) is 11.8 Å². The molecule has 0 saturated heterocycles. The Morgan fingerprint density at radius 2 is 0.971 bits per heavy atom.